The van der Waals surface area contributed by atoms with Crippen LogP contribution in [0, 0.1) is 23.2 Å². The summed E-state index contributed by atoms with van der Waals surface area (Å²) in [5.74, 6) is 2.84. The minimum Gasteiger partial charge on any atom is -0.306 e. The van der Waals surface area contributed by atoms with E-state index >= 15 is 0 Å². The van der Waals surface area contributed by atoms with Crippen molar-refractivity contribution in [3.05, 3.63) is 29.8 Å². The van der Waals surface area contributed by atoms with Crippen molar-refractivity contribution < 1.29 is 8.42 Å². The molecule has 0 radical (unpaired) electrons. The number of hydrogen-bond acceptors (Lipinski definition) is 5. The van der Waals surface area contributed by atoms with Crippen molar-refractivity contribution in [1.29, 1.82) is 0 Å². The maximum Gasteiger partial charge on any atom is 0.229 e. The number of nitrogens with one attached hydrogen (secondary N) is 1. The largest absolute Gasteiger partial charge is 0.306 e. The molecule has 2 aliphatic carbocycles. The molecular formula is C29H48N4O2S. The average Bonchev–Trinajstić information content (AvgIpc) is 3.50. The van der Waals surface area contributed by atoms with Gasteiger partial charge in [0.05, 0.1) is 6.26 Å². The Morgan fingerprint density at radius 1 is 0.944 bits per heavy atom. The number of sulfonamides is 1. The van der Waals surface area contributed by atoms with Crippen LogP contribution in [0.4, 0.5) is 5.69 Å². The Kier molecular flexibility index (Phi) is 8.31. The fourth-order valence-electron chi connectivity index (χ4n) is 7.52. The molecule has 7 heteroatoms. The van der Waals surface area contributed by atoms with Gasteiger partial charge in [-0.3, -0.25) is 4.72 Å². The number of hydrogen-bond donors (Lipinski definition) is 1. The molecule has 5 rings (SSSR count). The number of benzene rings is 1. The number of anilines is 1. The summed E-state index contributed by atoms with van der Waals surface area (Å²) >= 11 is 0. The summed E-state index contributed by atoms with van der Waals surface area (Å²) in [6.45, 7) is 10.3. The second-order valence-electron chi connectivity index (χ2n) is 12.6. The lowest BCUT2D eigenvalue weighted by molar-refractivity contribution is -0.0896. The average molecular weight is 517 g/mol. The van der Waals surface area contributed by atoms with Crippen LogP contribution in [0.3, 0.4) is 0 Å². The van der Waals surface area contributed by atoms with Crippen molar-refractivity contribution in [2.24, 2.45) is 23.2 Å². The van der Waals surface area contributed by atoms with E-state index in [1.54, 1.807) is 0 Å². The number of nitrogens with zero attached hydrogens (tertiary/aromatic N) is 3. The third-order valence-electron chi connectivity index (χ3n) is 9.59. The predicted molar refractivity (Wildman–Crippen MR) is 149 cm³/mol. The van der Waals surface area contributed by atoms with Crippen LogP contribution in [0.25, 0.3) is 0 Å². The molecule has 2 heterocycles. The number of rotatable bonds is 12. The standard InChI is InChI=1S/C29H48N4O2S/c1-31(18-13-24-9-11-28(12-10-24)30-36(2,34)35)16-5-6-17-32-20-26-22-33(19-25-7-8-25)23-27(21-32)29(26)14-3-4-15-29/h9-12,25-27,30H,3-8,13-23H2,1-2H3. The van der Waals surface area contributed by atoms with Crippen molar-refractivity contribution in [2.45, 2.75) is 57.8 Å². The summed E-state index contributed by atoms with van der Waals surface area (Å²) in [5, 5.41) is 0. The first kappa shape index (κ1) is 26.5. The summed E-state index contributed by atoms with van der Waals surface area (Å²) < 4.78 is 25.3. The molecule has 0 amide bonds. The lowest BCUT2D eigenvalue weighted by atomic mass is 9.60. The van der Waals surface area contributed by atoms with Crippen LogP contribution >= 0.6 is 0 Å². The molecule has 4 aliphatic rings. The van der Waals surface area contributed by atoms with Crippen molar-refractivity contribution in [2.75, 3.05) is 70.4 Å². The Hall–Kier alpha value is -1.15. The van der Waals surface area contributed by atoms with Crippen LogP contribution in [0.1, 0.15) is 56.9 Å². The highest BCUT2D eigenvalue weighted by atomic mass is 32.2. The Morgan fingerprint density at radius 3 is 2.19 bits per heavy atom. The van der Waals surface area contributed by atoms with E-state index in [9.17, 15) is 8.42 Å². The van der Waals surface area contributed by atoms with Gasteiger partial charge >= 0.3 is 0 Å². The third kappa shape index (κ3) is 6.83. The van der Waals surface area contributed by atoms with E-state index in [1.807, 2.05) is 24.3 Å². The van der Waals surface area contributed by atoms with Crippen LogP contribution in [-0.4, -0.2) is 88.8 Å². The number of likely N-dealkylation sites (tertiary alicyclic amines) is 2. The molecule has 1 aromatic carbocycles. The second kappa shape index (κ2) is 11.3. The molecule has 2 aliphatic heterocycles. The van der Waals surface area contributed by atoms with Crippen molar-refractivity contribution in [3.8, 4) is 0 Å². The molecule has 0 aromatic heterocycles. The molecular weight excluding hydrogens is 468 g/mol. The first-order chi connectivity index (χ1) is 17.3. The summed E-state index contributed by atoms with van der Waals surface area (Å²) in [6.07, 6.45) is 13.7. The molecule has 1 spiro atoms. The van der Waals surface area contributed by atoms with Gasteiger partial charge in [-0.05, 0) is 106 Å². The van der Waals surface area contributed by atoms with E-state index < -0.39 is 10.0 Å². The van der Waals surface area contributed by atoms with E-state index in [0.29, 0.717) is 11.1 Å². The third-order valence-corrected chi connectivity index (χ3v) is 10.2. The van der Waals surface area contributed by atoms with Gasteiger partial charge in [-0.1, -0.05) is 25.0 Å². The molecule has 6 nitrogen and oxygen atoms in total. The molecule has 36 heavy (non-hydrogen) atoms. The lowest BCUT2D eigenvalue weighted by Crippen LogP contribution is -2.62. The Balaban J connectivity index is 1.01. The SMILES string of the molecule is CN(CCCCN1CC2CN(CC3CC3)CC(C1)C21CCCC1)CCc1ccc(NS(C)(=O)=O)cc1. The van der Waals surface area contributed by atoms with E-state index in [4.69, 9.17) is 0 Å². The van der Waals surface area contributed by atoms with E-state index in [-0.39, 0.29) is 0 Å². The minimum atomic E-state index is -3.22. The van der Waals surface area contributed by atoms with Gasteiger partial charge in [-0.15, -0.1) is 0 Å². The van der Waals surface area contributed by atoms with Gasteiger partial charge in [0.1, 0.15) is 0 Å². The quantitative estimate of drug-likeness (QED) is 0.423. The molecule has 1 N–H and O–H groups in total. The van der Waals surface area contributed by atoms with E-state index in [0.717, 1.165) is 37.3 Å². The zero-order chi connectivity index (χ0) is 25.2. The van der Waals surface area contributed by atoms with Crippen LogP contribution < -0.4 is 4.72 Å². The van der Waals surface area contributed by atoms with Gasteiger partial charge in [-0.25, -0.2) is 8.42 Å². The van der Waals surface area contributed by atoms with Crippen LogP contribution in [0.2, 0.25) is 0 Å². The van der Waals surface area contributed by atoms with Crippen LogP contribution in [-0.2, 0) is 16.4 Å². The van der Waals surface area contributed by atoms with Gasteiger partial charge in [0, 0.05) is 45.0 Å². The summed E-state index contributed by atoms with van der Waals surface area (Å²) in [6, 6.07) is 7.76. The Bertz CT molecular complexity index is 938. The van der Waals surface area contributed by atoms with Crippen LogP contribution in [0.5, 0.6) is 0 Å². The van der Waals surface area contributed by atoms with Gasteiger partial charge < -0.3 is 14.7 Å². The summed E-state index contributed by atoms with van der Waals surface area (Å²) in [7, 11) is -0.991. The van der Waals surface area contributed by atoms with E-state index in [2.05, 4.69) is 26.5 Å². The minimum absolute atomic E-state index is 0.630. The van der Waals surface area contributed by atoms with Gasteiger partial charge in [0.25, 0.3) is 0 Å². The fourth-order valence-corrected chi connectivity index (χ4v) is 8.09. The molecule has 2 bridgehead atoms. The smallest absolute Gasteiger partial charge is 0.229 e. The maximum absolute atomic E-state index is 11.4. The zero-order valence-electron chi connectivity index (χ0n) is 22.6. The highest BCUT2D eigenvalue weighted by Crippen LogP contribution is 2.55. The normalized spacial score (nSPS) is 26.6. The highest BCUT2D eigenvalue weighted by molar-refractivity contribution is 7.92. The number of likely N-dealkylation sites (N-methyl/N-ethyl adjacent to an activating group) is 1. The Morgan fingerprint density at radius 2 is 1.58 bits per heavy atom. The molecule has 1 aromatic rings. The summed E-state index contributed by atoms with van der Waals surface area (Å²) in [5.41, 5.74) is 2.57. The first-order valence-corrected chi connectivity index (χ1v) is 16.4. The number of unbranched alkanes of at least 4 members (excludes halogenated alkanes) is 1. The molecule has 4 fully saturated rings. The van der Waals surface area contributed by atoms with Gasteiger partial charge in [0.2, 0.25) is 10.0 Å². The monoisotopic (exact) mass is 516 g/mol. The highest BCUT2D eigenvalue weighted by Gasteiger charge is 2.54. The first-order valence-electron chi connectivity index (χ1n) is 14.5. The second-order valence-corrected chi connectivity index (χ2v) is 14.3. The number of piperidine rings is 2. The fraction of sp³-hybridized carbons (Fsp3) is 0.793. The topological polar surface area (TPSA) is 55.9 Å². The molecule has 202 valence electrons. The van der Waals surface area contributed by atoms with Gasteiger partial charge in [0.15, 0.2) is 0 Å². The van der Waals surface area contributed by atoms with Crippen molar-refractivity contribution in [1.82, 2.24) is 14.7 Å². The van der Waals surface area contributed by atoms with Crippen molar-refractivity contribution >= 4 is 15.7 Å². The molecule has 2 saturated carbocycles. The molecule has 2 saturated heterocycles. The van der Waals surface area contributed by atoms with Gasteiger partial charge in [-0.2, -0.15) is 0 Å². The van der Waals surface area contributed by atoms with Crippen molar-refractivity contribution in [3.63, 3.8) is 0 Å². The maximum atomic E-state index is 11.4. The molecule has 2 unspecified atom stereocenters. The zero-order valence-corrected chi connectivity index (χ0v) is 23.4. The van der Waals surface area contributed by atoms with Crippen LogP contribution in [0.15, 0.2) is 24.3 Å². The lowest BCUT2D eigenvalue weighted by Gasteiger charge is -2.57. The molecule has 2 atom stereocenters. The summed E-state index contributed by atoms with van der Waals surface area (Å²) in [4.78, 5) is 8.13. The van der Waals surface area contributed by atoms with E-state index in [1.165, 1.54) is 102 Å². The Labute approximate surface area is 219 Å². The predicted octanol–water partition coefficient (Wildman–Crippen LogP) is 4.15.